The maximum absolute atomic E-state index is 10.1. The summed E-state index contributed by atoms with van der Waals surface area (Å²) in [7, 11) is 0. The lowest BCUT2D eigenvalue weighted by Crippen LogP contribution is -2.05. The fourth-order valence-electron chi connectivity index (χ4n) is 0.666. The quantitative estimate of drug-likeness (QED) is 0.400. The summed E-state index contributed by atoms with van der Waals surface area (Å²) in [5.74, 6) is -1.25. The third-order valence-electron chi connectivity index (χ3n) is 1.29. The van der Waals surface area contributed by atoms with Crippen molar-refractivity contribution in [2.75, 3.05) is 0 Å². The van der Waals surface area contributed by atoms with Crippen LogP contribution in [-0.4, -0.2) is 18.5 Å². The molecule has 0 rings (SSSR count). The molecule has 4 nitrogen and oxygen atoms in total. The van der Waals surface area contributed by atoms with Gasteiger partial charge in [-0.05, 0) is 12.8 Å². The van der Waals surface area contributed by atoms with E-state index in [-0.39, 0.29) is 6.42 Å². The molecule has 0 aromatic rings. The van der Waals surface area contributed by atoms with Gasteiger partial charge in [-0.25, -0.2) is 0 Å². The summed E-state index contributed by atoms with van der Waals surface area (Å²) < 4.78 is 0. The molecule has 1 N–H and O–H groups in total. The molecule has 0 heterocycles. The van der Waals surface area contributed by atoms with Crippen LogP contribution in [0.1, 0.15) is 19.3 Å². The van der Waals surface area contributed by atoms with E-state index in [1.807, 2.05) is 0 Å². The average Bonchev–Trinajstić information content (AvgIpc) is 1.98. The predicted octanol–water partition coefficient (Wildman–Crippen LogP) is -0.0198. The van der Waals surface area contributed by atoms with Gasteiger partial charge in [0.2, 0.25) is 5.91 Å². The standard InChI is InChI=1S/C7H10NO3/c8-7(11)3-1-2-6(4-9)5-10/h4-6,8H,1-3H2. The molecule has 0 atom stereocenters. The van der Waals surface area contributed by atoms with E-state index in [4.69, 9.17) is 5.73 Å². The van der Waals surface area contributed by atoms with E-state index in [2.05, 4.69) is 0 Å². The maximum atomic E-state index is 10.1. The molecule has 11 heavy (non-hydrogen) atoms. The molecule has 0 aliphatic rings. The van der Waals surface area contributed by atoms with Crippen LogP contribution in [0, 0.1) is 5.92 Å². The Kier molecular flexibility index (Phi) is 4.98. The number of carbonyl (C=O) groups excluding carboxylic acids is 3. The summed E-state index contributed by atoms with van der Waals surface area (Å²) in [6, 6.07) is 0. The minimum absolute atomic E-state index is 0.123. The van der Waals surface area contributed by atoms with Crippen LogP contribution in [0.5, 0.6) is 0 Å². The summed E-state index contributed by atoms with van der Waals surface area (Å²) in [5.41, 5.74) is 6.52. The second-order valence-corrected chi connectivity index (χ2v) is 2.25. The van der Waals surface area contributed by atoms with E-state index in [9.17, 15) is 14.4 Å². The topological polar surface area (TPSA) is 75.0 Å². The van der Waals surface area contributed by atoms with Crippen LogP contribution in [0.4, 0.5) is 0 Å². The number of hydrogen-bond acceptors (Lipinski definition) is 3. The molecule has 0 aliphatic carbocycles. The van der Waals surface area contributed by atoms with Gasteiger partial charge in [-0.2, -0.15) is 0 Å². The lowest BCUT2D eigenvalue weighted by atomic mass is 10.1. The Bertz CT molecular complexity index is 148. The summed E-state index contributed by atoms with van der Waals surface area (Å²) >= 11 is 0. The highest BCUT2D eigenvalue weighted by Gasteiger charge is 2.05. The van der Waals surface area contributed by atoms with E-state index in [0.717, 1.165) is 0 Å². The van der Waals surface area contributed by atoms with Gasteiger partial charge in [0.25, 0.3) is 0 Å². The second-order valence-electron chi connectivity index (χ2n) is 2.25. The number of hydrogen-bond donors (Lipinski definition) is 0. The van der Waals surface area contributed by atoms with E-state index < -0.39 is 11.8 Å². The zero-order valence-corrected chi connectivity index (χ0v) is 6.08. The summed E-state index contributed by atoms with van der Waals surface area (Å²) in [4.78, 5) is 30.2. The van der Waals surface area contributed by atoms with Crippen LogP contribution in [0.2, 0.25) is 0 Å². The van der Waals surface area contributed by atoms with Crippen molar-refractivity contribution in [1.82, 2.24) is 5.73 Å². The molecule has 0 aromatic heterocycles. The highest BCUT2D eigenvalue weighted by atomic mass is 16.1. The Morgan fingerprint density at radius 2 is 1.91 bits per heavy atom. The molecule has 0 saturated carbocycles. The molecule has 0 saturated heterocycles. The molecule has 0 fully saturated rings. The highest BCUT2D eigenvalue weighted by molar-refractivity contribution is 5.77. The van der Waals surface area contributed by atoms with Crippen LogP contribution < -0.4 is 5.73 Å². The highest BCUT2D eigenvalue weighted by Crippen LogP contribution is 2.02. The Balaban J connectivity index is 3.43. The maximum Gasteiger partial charge on any atom is 0.238 e. The third kappa shape index (κ3) is 5.26. The first-order valence-electron chi connectivity index (χ1n) is 3.35. The molecule has 0 spiro atoms. The van der Waals surface area contributed by atoms with Gasteiger partial charge in [-0.15, -0.1) is 0 Å². The molecule has 0 aliphatic heterocycles. The lowest BCUT2D eigenvalue weighted by Gasteiger charge is -1.98. The molecule has 0 aromatic carbocycles. The number of aldehydes is 2. The predicted molar refractivity (Wildman–Crippen MR) is 37.6 cm³/mol. The monoisotopic (exact) mass is 156 g/mol. The van der Waals surface area contributed by atoms with Crippen molar-refractivity contribution in [2.24, 2.45) is 5.92 Å². The molecular weight excluding hydrogens is 146 g/mol. The molecule has 61 valence electrons. The van der Waals surface area contributed by atoms with Gasteiger partial charge in [0.1, 0.15) is 12.6 Å². The number of carbonyl (C=O) groups is 3. The van der Waals surface area contributed by atoms with E-state index >= 15 is 0 Å². The van der Waals surface area contributed by atoms with Gasteiger partial charge < -0.3 is 9.59 Å². The first-order chi connectivity index (χ1) is 5.20. The van der Waals surface area contributed by atoms with Crippen molar-refractivity contribution in [3.63, 3.8) is 0 Å². The fraction of sp³-hybridized carbons (Fsp3) is 0.571. The number of nitrogens with one attached hydrogen (secondary N) is 1. The Morgan fingerprint density at radius 1 is 1.36 bits per heavy atom. The van der Waals surface area contributed by atoms with Gasteiger partial charge in [-0.1, -0.05) is 0 Å². The molecule has 4 heteroatoms. The van der Waals surface area contributed by atoms with Crippen LogP contribution in [0.15, 0.2) is 0 Å². The van der Waals surface area contributed by atoms with Crippen molar-refractivity contribution in [1.29, 1.82) is 0 Å². The normalized spacial score (nSPS) is 9.55. The van der Waals surface area contributed by atoms with Crippen molar-refractivity contribution in [2.45, 2.75) is 19.3 Å². The Morgan fingerprint density at radius 3 is 2.27 bits per heavy atom. The third-order valence-corrected chi connectivity index (χ3v) is 1.29. The summed E-state index contributed by atoms with van der Waals surface area (Å²) in [5, 5.41) is 0. The smallest absolute Gasteiger partial charge is 0.238 e. The van der Waals surface area contributed by atoms with Crippen molar-refractivity contribution >= 4 is 18.5 Å². The minimum atomic E-state index is -0.652. The van der Waals surface area contributed by atoms with Crippen molar-refractivity contribution < 1.29 is 14.4 Å². The fourth-order valence-corrected chi connectivity index (χ4v) is 0.666. The number of amides is 1. The first-order valence-corrected chi connectivity index (χ1v) is 3.35. The molecular formula is C7H10NO3. The Hall–Kier alpha value is -1.19. The van der Waals surface area contributed by atoms with Crippen LogP contribution in [0.3, 0.4) is 0 Å². The van der Waals surface area contributed by atoms with Crippen molar-refractivity contribution in [3.05, 3.63) is 0 Å². The average molecular weight is 156 g/mol. The number of rotatable bonds is 6. The van der Waals surface area contributed by atoms with Gasteiger partial charge >= 0.3 is 0 Å². The molecule has 0 unspecified atom stereocenters. The van der Waals surface area contributed by atoms with Crippen molar-refractivity contribution in [3.8, 4) is 0 Å². The summed E-state index contributed by atoms with van der Waals surface area (Å²) in [6.45, 7) is 0. The first kappa shape index (κ1) is 9.81. The van der Waals surface area contributed by atoms with Gasteiger partial charge in [-0.3, -0.25) is 10.5 Å². The van der Waals surface area contributed by atoms with Gasteiger partial charge in [0, 0.05) is 6.42 Å². The van der Waals surface area contributed by atoms with Crippen LogP contribution in [0.25, 0.3) is 0 Å². The lowest BCUT2D eigenvalue weighted by molar-refractivity contribution is -0.121. The minimum Gasteiger partial charge on any atom is -0.303 e. The molecule has 1 amide bonds. The summed E-state index contributed by atoms with van der Waals surface area (Å²) in [6.07, 6.45) is 2.04. The second kappa shape index (κ2) is 5.58. The van der Waals surface area contributed by atoms with E-state index in [0.29, 0.717) is 25.4 Å². The van der Waals surface area contributed by atoms with E-state index in [1.54, 1.807) is 0 Å². The Labute approximate surface area is 64.8 Å². The zero-order chi connectivity index (χ0) is 8.69. The van der Waals surface area contributed by atoms with E-state index in [1.165, 1.54) is 0 Å². The van der Waals surface area contributed by atoms with Gasteiger partial charge in [0.05, 0.1) is 5.92 Å². The van der Waals surface area contributed by atoms with Gasteiger partial charge in [0.15, 0.2) is 0 Å². The largest absolute Gasteiger partial charge is 0.303 e. The van der Waals surface area contributed by atoms with Crippen LogP contribution in [-0.2, 0) is 14.4 Å². The molecule has 0 bridgehead atoms. The SMILES string of the molecule is [NH]C(=O)CCCC(C=O)C=O. The van der Waals surface area contributed by atoms with Crippen LogP contribution >= 0.6 is 0 Å². The molecule has 1 radical (unpaired) electrons. The zero-order valence-electron chi connectivity index (χ0n) is 6.08.